The molecule has 2 N–H and O–H groups in total. The summed E-state index contributed by atoms with van der Waals surface area (Å²) in [5, 5.41) is 5.20. The third-order valence-electron chi connectivity index (χ3n) is 2.86. The van der Waals surface area contributed by atoms with E-state index in [0.29, 0.717) is 10.7 Å². The van der Waals surface area contributed by atoms with E-state index in [9.17, 15) is 0 Å². The highest BCUT2D eigenvalue weighted by atomic mass is 35.5. The monoisotopic (exact) mass is 269 g/mol. The fourth-order valence-electron chi connectivity index (χ4n) is 1.96. The van der Waals surface area contributed by atoms with E-state index >= 15 is 0 Å². The average molecular weight is 270 g/mol. The molecule has 1 aromatic heterocycles. The van der Waals surface area contributed by atoms with Gasteiger partial charge in [-0.25, -0.2) is 4.68 Å². The minimum absolute atomic E-state index is 0.645. The molecule has 94 valence electrons. The second kappa shape index (κ2) is 4.78. The van der Waals surface area contributed by atoms with E-state index in [1.807, 2.05) is 54.6 Å². The lowest BCUT2D eigenvalue weighted by molar-refractivity contribution is 0.884. The van der Waals surface area contributed by atoms with Crippen LogP contribution in [0.5, 0.6) is 0 Å². The number of nitrogens with two attached hydrogens (primary N) is 1. The number of nitrogen functional groups attached to an aromatic ring is 1. The lowest BCUT2D eigenvalue weighted by Crippen LogP contribution is -1.94. The Morgan fingerprint density at radius 3 is 2.53 bits per heavy atom. The van der Waals surface area contributed by atoms with E-state index in [1.165, 1.54) is 0 Å². The first-order valence-corrected chi connectivity index (χ1v) is 6.28. The summed E-state index contributed by atoms with van der Waals surface area (Å²) in [6.45, 7) is 0. The number of nitrogens with zero attached hydrogens (tertiary/aromatic N) is 2. The first kappa shape index (κ1) is 11.8. The van der Waals surface area contributed by atoms with E-state index in [4.69, 9.17) is 17.3 Å². The van der Waals surface area contributed by atoms with Gasteiger partial charge in [0, 0.05) is 10.6 Å². The highest BCUT2D eigenvalue weighted by molar-refractivity contribution is 6.30. The number of benzene rings is 2. The number of rotatable bonds is 2. The van der Waals surface area contributed by atoms with E-state index in [1.54, 1.807) is 10.9 Å². The Balaban J connectivity index is 2.07. The molecule has 2 aromatic carbocycles. The first-order chi connectivity index (χ1) is 9.24. The van der Waals surface area contributed by atoms with Crippen molar-refractivity contribution in [2.24, 2.45) is 0 Å². The van der Waals surface area contributed by atoms with Crippen molar-refractivity contribution < 1.29 is 0 Å². The molecule has 4 heteroatoms. The third kappa shape index (κ3) is 2.33. The zero-order chi connectivity index (χ0) is 13.2. The molecule has 0 spiro atoms. The van der Waals surface area contributed by atoms with Crippen molar-refractivity contribution in [2.45, 2.75) is 0 Å². The molecule has 0 aliphatic carbocycles. The zero-order valence-electron chi connectivity index (χ0n) is 10.1. The molecule has 0 unspecified atom stereocenters. The van der Waals surface area contributed by atoms with Crippen LogP contribution in [0.15, 0.2) is 60.8 Å². The van der Waals surface area contributed by atoms with Gasteiger partial charge in [-0.05, 0) is 18.2 Å². The minimum Gasteiger partial charge on any atom is -0.396 e. The van der Waals surface area contributed by atoms with Crippen LogP contribution in [0.2, 0.25) is 5.02 Å². The molecule has 0 aliphatic heterocycles. The predicted octanol–water partition coefficient (Wildman–Crippen LogP) is 3.77. The zero-order valence-corrected chi connectivity index (χ0v) is 10.9. The van der Waals surface area contributed by atoms with E-state index in [-0.39, 0.29) is 0 Å². The van der Waals surface area contributed by atoms with Crippen molar-refractivity contribution >= 4 is 17.3 Å². The smallest absolute Gasteiger partial charge is 0.116 e. The first-order valence-electron chi connectivity index (χ1n) is 5.90. The highest BCUT2D eigenvalue weighted by Crippen LogP contribution is 2.25. The number of aromatic nitrogens is 2. The molecule has 0 fully saturated rings. The molecule has 19 heavy (non-hydrogen) atoms. The van der Waals surface area contributed by atoms with Gasteiger partial charge in [0.1, 0.15) is 5.69 Å². The van der Waals surface area contributed by atoms with Crippen molar-refractivity contribution in [2.75, 3.05) is 5.73 Å². The standard InChI is InChI=1S/C15H12ClN3/c16-12-7-4-8-13(9-12)19-10-14(17)15(18-19)11-5-2-1-3-6-11/h1-10H,17H2. The van der Waals surface area contributed by atoms with E-state index < -0.39 is 0 Å². The van der Waals surface area contributed by atoms with Gasteiger partial charge in [-0.2, -0.15) is 5.10 Å². The summed E-state index contributed by atoms with van der Waals surface area (Å²) in [5.41, 5.74) is 9.35. The summed E-state index contributed by atoms with van der Waals surface area (Å²) >= 11 is 5.99. The van der Waals surface area contributed by atoms with Crippen LogP contribution in [0.3, 0.4) is 0 Å². The van der Waals surface area contributed by atoms with Crippen LogP contribution in [-0.4, -0.2) is 9.78 Å². The second-order valence-electron chi connectivity index (χ2n) is 4.22. The summed E-state index contributed by atoms with van der Waals surface area (Å²) in [6, 6.07) is 17.4. The quantitative estimate of drug-likeness (QED) is 0.769. The van der Waals surface area contributed by atoms with Gasteiger partial charge in [0.25, 0.3) is 0 Å². The van der Waals surface area contributed by atoms with Gasteiger partial charge in [0.05, 0.1) is 17.6 Å². The molecule has 3 nitrogen and oxygen atoms in total. The molecule has 0 saturated heterocycles. The Morgan fingerprint density at radius 2 is 1.79 bits per heavy atom. The maximum atomic E-state index is 6.03. The van der Waals surface area contributed by atoms with E-state index in [2.05, 4.69) is 5.10 Å². The maximum Gasteiger partial charge on any atom is 0.116 e. The summed E-state index contributed by atoms with van der Waals surface area (Å²) in [5.74, 6) is 0. The Labute approximate surface area is 116 Å². The molecule has 3 rings (SSSR count). The van der Waals surface area contributed by atoms with Crippen molar-refractivity contribution in [3.63, 3.8) is 0 Å². The largest absolute Gasteiger partial charge is 0.396 e. The summed E-state index contributed by atoms with van der Waals surface area (Å²) in [6.07, 6.45) is 1.80. The molecular formula is C15H12ClN3. The van der Waals surface area contributed by atoms with Gasteiger partial charge in [0.15, 0.2) is 0 Å². The molecular weight excluding hydrogens is 258 g/mol. The van der Waals surface area contributed by atoms with Gasteiger partial charge in [-0.3, -0.25) is 0 Å². The van der Waals surface area contributed by atoms with Crippen LogP contribution in [0.4, 0.5) is 5.69 Å². The van der Waals surface area contributed by atoms with Crippen molar-refractivity contribution in [1.29, 1.82) is 0 Å². The van der Waals surface area contributed by atoms with Crippen molar-refractivity contribution in [1.82, 2.24) is 9.78 Å². The lowest BCUT2D eigenvalue weighted by Gasteiger charge is -2.01. The second-order valence-corrected chi connectivity index (χ2v) is 4.66. The highest BCUT2D eigenvalue weighted by Gasteiger charge is 2.09. The van der Waals surface area contributed by atoms with Crippen molar-refractivity contribution in [3.05, 3.63) is 65.8 Å². The van der Waals surface area contributed by atoms with Gasteiger partial charge in [0.2, 0.25) is 0 Å². The molecule has 0 atom stereocenters. The SMILES string of the molecule is Nc1cn(-c2cccc(Cl)c2)nc1-c1ccccc1. The fraction of sp³-hybridized carbons (Fsp3) is 0. The summed E-state index contributed by atoms with van der Waals surface area (Å²) in [4.78, 5) is 0. The average Bonchev–Trinajstić information content (AvgIpc) is 2.82. The van der Waals surface area contributed by atoms with E-state index in [0.717, 1.165) is 16.9 Å². The number of anilines is 1. The summed E-state index contributed by atoms with van der Waals surface area (Å²) < 4.78 is 1.74. The van der Waals surface area contributed by atoms with Crippen LogP contribution in [0, 0.1) is 0 Å². The molecule has 3 aromatic rings. The maximum absolute atomic E-state index is 6.03. The molecule has 0 aliphatic rings. The Morgan fingerprint density at radius 1 is 1.00 bits per heavy atom. The van der Waals surface area contributed by atoms with Crippen LogP contribution in [0.1, 0.15) is 0 Å². The number of halogens is 1. The Hall–Kier alpha value is -2.26. The summed E-state index contributed by atoms with van der Waals surface area (Å²) in [7, 11) is 0. The Kier molecular flexibility index (Phi) is 2.97. The van der Waals surface area contributed by atoms with Crippen LogP contribution in [-0.2, 0) is 0 Å². The molecule has 0 bridgehead atoms. The molecule has 0 amide bonds. The molecule has 1 heterocycles. The third-order valence-corrected chi connectivity index (χ3v) is 3.10. The fourth-order valence-corrected chi connectivity index (χ4v) is 2.14. The van der Waals surface area contributed by atoms with Crippen LogP contribution in [0.25, 0.3) is 16.9 Å². The van der Waals surface area contributed by atoms with Gasteiger partial charge in [-0.1, -0.05) is 48.0 Å². The van der Waals surface area contributed by atoms with Gasteiger partial charge >= 0.3 is 0 Å². The predicted molar refractivity (Wildman–Crippen MR) is 78.4 cm³/mol. The number of hydrogen-bond donors (Lipinski definition) is 1. The minimum atomic E-state index is 0.645. The van der Waals surface area contributed by atoms with Crippen molar-refractivity contribution in [3.8, 4) is 16.9 Å². The number of hydrogen-bond acceptors (Lipinski definition) is 2. The normalized spacial score (nSPS) is 10.6. The molecule has 0 radical (unpaired) electrons. The van der Waals surface area contributed by atoms with Crippen LogP contribution < -0.4 is 5.73 Å². The topological polar surface area (TPSA) is 43.8 Å². The van der Waals surface area contributed by atoms with Gasteiger partial charge < -0.3 is 5.73 Å². The lowest BCUT2D eigenvalue weighted by atomic mass is 10.1. The van der Waals surface area contributed by atoms with Gasteiger partial charge in [-0.15, -0.1) is 0 Å². The van der Waals surface area contributed by atoms with Crippen LogP contribution >= 0.6 is 11.6 Å². The Bertz CT molecular complexity index is 704. The molecule has 0 saturated carbocycles.